The number of piperazine rings is 1. The quantitative estimate of drug-likeness (QED) is 0.602. The highest BCUT2D eigenvalue weighted by molar-refractivity contribution is 6.27. The average Bonchev–Trinajstić information content (AvgIpc) is 2.61. The smallest absolute Gasteiger partial charge is 0.414 e. The van der Waals surface area contributed by atoms with Gasteiger partial charge < -0.3 is 25.2 Å². The minimum absolute atomic E-state index is 0.157. The molecule has 1 unspecified atom stereocenters. The molecule has 1 atom stereocenters. The van der Waals surface area contributed by atoms with Crippen LogP contribution in [-0.2, 0) is 14.3 Å². The number of likely N-dealkylation sites (tertiary alicyclic amines) is 1. The third-order valence-corrected chi connectivity index (χ3v) is 4.78. The van der Waals surface area contributed by atoms with E-state index in [-0.39, 0.29) is 6.09 Å². The van der Waals surface area contributed by atoms with Crippen LogP contribution in [0.25, 0.3) is 0 Å². The number of carbonyl (C=O) groups excluding carboxylic acids is 1. The van der Waals surface area contributed by atoms with Crippen LogP contribution in [0.1, 0.15) is 40.5 Å². The van der Waals surface area contributed by atoms with Gasteiger partial charge in [-0.25, -0.2) is 14.4 Å². The molecule has 0 bridgehead atoms. The van der Waals surface area contributed by atoms with Crippen LogP contribution >= 0.6 is 0 Å². The van der Waals surface area contributed by atoms with Crippen LogP contribution in [0.2, 0.25) is 0 Å². The number of aliphatic carboxylic acids is 2. The molecule has 0 aromatic carbocycles. The first-order chi connectivity index (χ1) is 12.5. The van der Waals surface area contributed by atoms with Crippen molar-refractivity contribution in [2.24, 2.45) is 5.92 Å². The van der Waals surface area contributed by atoms with Crippen molar-refractivity contribution in [2.45, 2.75) is 52.2 Å². The Hall–Kier alpha value is -1.87. The van der Waals surface area contributed by atoms with Crippen LogP contribution < -0.4 is 5.32 Å². The monoisotopic (exact) mass is 387 g/mol. The molecule has 9 heteroatoms. The van der Waals surface area contributed by atoms with Gasteiger partial charge in [0.05, 0.1) is 0 Å². The molecule has 27 heavy (non-hydrogen) atoms. The number of amides is 1. The topological polar surface area (TPSA) is 119 Å². The molecule has 0 spiro atoms. The molecule has 0 saturated carbocycles. The van der Waals surface area contributed by atoms with Gasteiger partial charge in [-0.1, -0.05) is 0 Å². The Balaban J connectivity index is 0.000000527. The van der Waals surface area contributed by atoms with Crippen molar-refractivity contribution in [1.82, 2.24) is 15.1 Å². The van der Waals surface area contributed by atoms with Crippen molar-refractivity contribution >= 4 is 18.0 Å². The summed E-state index contributed by atoms with van der Waals surface area (Å²) in [6.07, 6.45) is 2.02. The van der Waals surface area contributed by atoms with Crippen molar-refractivity contribution < 1.29 is 29.3 Å². The van der Waals surface area contributed by atoms with Gasteiger partial charge in [-0.15, -0.1) is 0 Å². The highest BCUT2D eigenvalue weighted by atomic mass is 16.6. The summed E-state index contributed by atoms with van der Waals surface area (Å²) in [5, 5.41) is 18.2. The molecule has 2 heterocycles. The van der Waals surface area contributed by atoms with Gasteiger partial charge in [-0.05, 0) is 46.5 Å². The zero-order chi connectivity index (χ0) is 20.6. The number of hydrogen-bond donors (Lipinski definition) is 3. The number of nitrogens with one attached hydrogen (secondary N) is 1. The van der Waals surface area contributed by atoms with Gasteiger partial charge in [-0.2, -0.15) is 0 Å². The predicted octanol–water partition coefficient (Wildman–Crippen LogP) is 1.08. The summed E-state index contributed by atoms with van der Waals surface area (Å²) >= 11 is 0. The van der Waals surface area contributed by atoms with Crippen LogP contribution in [0.4, 0.5) is 4.79 Å². The summed E-state index contributed by atoms with van der Waals surface area (Å²) in [5.41, 5.74) is -0.401. The molecular formula is C18H33N3O6. The van der Waals surface area contributed by atoms with E-state index >= 15 is 0 Å². The molecule has 2 aliphatic heterocycles. The van der Waals surface area contributed by atoms with E-state index < -0.39 is 17.5 Å². The predicted molar refractivity (Wildman–Crippen MR) is 99.7 cm³/mol. The van der Waals surface area contributed by atoms with E-state index in [1.54, 1.807) is 0 Å². The largest absolute Gasteiger partial charge is 0.473 e. The van der Waals surface area contributed by atoms with Gasteiger partial charge >= 0.3 is 18.0 Å². The normalized spacial score (nSPS) is 20.2. The molecule has 1 amide bonds. The molecule has 2 aliphatic rings. The summed E-state index contributed by atoms with van der Waals surface area (Å²) in [6, 6.07) is 0.618. The van der Waals surface area contributed by atoms with Gasteiger partial charge in [-0.3, -0.25) is 4.90 Å². The number of piperidine rings is 1. The van der Waals surface area contributed by atoms with Crippen LogP contribution in [0, 0.1) is 5.92 Å². The molecule has 2 fully saturated rings. The van der Waals surface area contributed by atoms with Crippen LogP contribution in [0.3, 0.4) is 0 Å². The first-order valence-electron chi connectivity index (χ1n) is 9.40. The number of carboxylic acids is 2. The van der Waals surface area contributed by atoms with Crippen LogP contribution in [0.5, 0.6) is 0 Å². The summed E-state index contributed by atoms with van der Waals surface area (Å²) in [6.45, 7) is 14.3. The maximum atomic E-state index is 12.1. The maximum absolute atomic E-state index is 12.1. The second kappa shape index (κ2) is 10.5. The molecule has 9 nitrogen and oxygen atoms in total. The number of carbonyl (C=O) groups is 3. The molecule has 3 N–H and O–H groups in total. The Morgan fingerprint density at radius 3 is 1.89 bits per heavy atom. The first kappa shape index (κ1) is 23.2. The van der Waals surface area contributed by atoms with Gasteiger partial charge in [0.25, 0.3) is 0 Å². The van der Waals surface area contributed by atoms with Crippen molar-refractivity contribution in [1.29, 1.82) is 0 Å². The zero-order valence-corrected chi connectivity index (χ0v) is 16.7. The van der Waals surface area contributed by atoms with Gasteiger partial charge in [0.15, 0.2) is 0 Å². The van der Waals surface area contributed by atoms with E-state index in [1.165, 1.54) is 0 Å². The second-order valence-corrected chi connectivity index (χ2v) is 7.94. The van der Waals surface area contributed by atoms with Crippen LogP contribution in [0.15, 0.2) is 0 Å². The lowest BCUT2D eigenvalue weighted by atomic mass is 9.89. The van der Waals surface area contributed by atoms with Crippen molar-refractivity contribution in [3.8, 4) is 0 Å². The minimum Gasteiger partial charge on any atom is -0.473 e. The zero-order valence-electron chi connectivity index (χ0n) is 16.7. The van der Waals surface area contributed by atoms with E-state index in [0.717, 1.165) is 52.1 Å². The lowest BCUT2D eigenvalue weighted by Crippen LogP contribution is -2.52. The number of carboxylic acid groups (broad SMARTS) is 2. The Kier molecular flexibility index (Phi) is 8.98. The number of rotatable bonds is 2. The van der Waals surface area contributed by atoms with Crippen molar-refractivity contribution in [2.75, 3.05) is 39.3 Å². The second-order valence-electron chi connectivity index (χ2n) is 7.94. The molecule has 2 saturated heterocycles. The lowest BCUT2D eigenvalue weighted by molar-refractivity contribution is -0.159. The highest BCUT2D eigenvalue weighted by Gasteiger charge is 2.31. The third-order valence-electron chi connectivity index (χ3n) is 4.78. The van der Waals surface area contributed by atoms with Crippen molar-refractivity contribution in [3.05, 3.63) is 0 Å². The van der Waals surface area contributed by atoms with Crippen molar-refractivity contribution in [3.63, 3.8) is 0 Å². The SMILES string of the molecule is CC(C1CCN(C(=O)OC(C)(C)C)CC1)N1CCNCC1.O=C(O)C(=O)O. The fraction of sp³-hybridized carbons (Fsp3) is 0.833. The Labute approximate surface area is 160 Å². The highest BCUT2D eigenvalue weighted by Crippen LogP contribution is 2.25. The van der Waals surface area contributed by atoms with E-state index in [0.29, 0.717) is 12.0 Å². The summed E-state index contributed by atoms with van der Waals surface area (Å²) < 4.78 is 5.46. The summed E-state index contributed by atoms with van der Waals surface area (Å²) in [7, 11) is 0. The fourth-order valence-electron chi connectivity index (χ4n) is 3.28. The van der Waals surface area contributed by atoms with E-state index in [9.17, 15) is 4.79 Å². The molecule has 0 aromatic rings. The summed E-state index contributed by atoms with van der Waals surface area (Å²) in [5.74, 6) is -2.95. The van der Waals surface area contributed by atoms with E-state index in [4.69, 9.17) is 24.5 Å². The number of ether oxygens (including phenoxy) is 1. The molecule has 0 radical (unpaired) electrons. The van der Waals surface area contributed by atoms with E-state index in [1.807, 2.05) is 25.7 Å². The molecule has 2 rings (SSSR count). The van der Waals surface area contributed by atoms with Crippen LogP contribution in [-0.4, -0.2) is 89.0 Å². The minimum atomic E-state index is -1.82. The molecular weight excluding hydrogens is 354 g/mol. The van der Waals surface area contributed by atoms with Gasteiger partial charge in [0.2, 0.25) is 0 Å². The maximum Gasteiger partial charge on any atom is 0.414 e. The summed E-state index contributed by atoms with van der Waals surface area (Å²) in [4.78, 5) is 34.7. The standard InChI is InChI=1S/C16H31N3O2.C2H2O4/c1-13(18-11-7-17-8-12-18)14-5-9-19(10-6-14)15(20)21-16(2,3)4;3-1(4)2(5)6/h13-14,17H,5-12H2,1-4H3;(H,3,4)(H,5,6). The third kappa shape index (κ3) is 8.57. The first-order valence-corrected chi connectivity index (χ1v) is 9.40. The molecule has 156 valence electrons. The van der Waals surface area contributed by atoms with Gasteiger partial charge in [0.1, 0.15) is 5.60 Å². The van der Waals surface area contributed by atoms with E-state index in [2.05, 4.69) is 17.1 Å². The molecule has 0 aromatic heterocycles. The Morgan fingerprint density at radius 1 is 1.00 bits per heavy atom. The number of nitrogens with zero attached hydrogens (tertiary/aromatic N) is 2. The molecule has 0 aliphatic carbocycles. The fourth-order valence-corrected chi connectivity index (χ4v) is 3.28. The number of hydrogen-bond acceptors (Lipinski definition) is 6. The Bertz CT molecular complexity index is 494. The lowest BCUT2D eigenvalue weighted by Gasteiger charge is -2.41. The average molecular weight is 387 g/mol. The Morgan fingerprint density at radius 2 is 1.48 bits per heavy atom. The van der Waals surface area contributed by atoms with Gasteiger partial charge in [0, 0.05) is 45.3 Å².